The Balaban J connectivity index is 2.15. The van der Waals surface area contributed by atoms with E-state index in [0.717, 1.165) is 25.9 Å². The highest BCUT2D eigenvalue weighted by molar-refractivity contribution is 5.82. The molecule has 0 spiro atoms. The number of benzene rings is 1. The van der Waals surface area contributed by atoms with Crippen molar-refractivity contribution in [3.63, 3.8) is 0 Å². The van der Waals surface area contributed by atoms with Crippen LogP contribution in [0.15, 0.2) is 18.2 Å². The summed E-state index contributed by atoms with van der Waals surface area (Å²) in [6, 6.07) is 6.55. The van der Waals surface area contributed by atoms with Crippen LogP contribution >= 0.6 is 0 Å². The molecule has 0 fully saturated rings. The van der Waals surface area contributed by atoms with Crippen molar-refractivity contribution in [1.29, 1.82) is 0 Å². The van der Waals surface area contributed by atoms with Gasteiger partial charge in [0.25, 0.3) is 0 Å². The number of fused-ring (bicyclic) bond motifs is 1. The lowest BCUT2D eigenvalue weighted by Crippen LogP contribution is -2.35. The van der Waals surface area contributed by atoms with Crippen LogP contribution in [0.1, 0.15) is 63.3 Å². The van der Waals surface area contributed by atoms with Gasteiger partial charge in [0.1, 0.15) is 0 Å². The summed E-state index contributed by atoms with van der Waals surface area (Å²) in [7, 11) is 0. The zero-order valence-corrected chi connectivity index (χ0v) is 13.1. The largest absolute Gasteiger partial charge is 0.334 e. The van der Waals surface area contributed by atoms with Gasteiger partial charge in [-0.15, -0.1) is 0 Å². The predicted octanol–water partition coefficient (Wildman–Crippen LogP) is 3.37. The minimum Gasteiger partial charge on any atom is -0.334 e. The molecule has 1 atom stereocenters. The van der Waals surface area contributed by atoms with Crippen LogP contribution in [-0.2, 0) is 17.9 Å². The second-order valence-electron chi connectivity index (χ2n) is 6.83. The SMILES string of the molecule is CCCC(N)c1ccc2c(c1)CN(C(=O)C(C)(C)C)C2. The molecule has 0 bridgehead atoms. The van der Waals surface area contributed by atoms with Gasteiger partial charge in [0, 0.05) is 24.5 Å². The first-order chi connectivity index (χ1) is 9.32. The molecule has 3 heteroatoms. The van der Waals surface area contributed by atoms with Gasteiger partial charge in [0.2, 0.25) is 5.91 Å². The number of hydrogen-bond acceptors (Lipinski definition) is 2. The predicted molar refractivity (Wildman–Crippen MR) is 82.0 cm³/mol. The summed E-state index contributed by atoms with van der Waals surface area (Å²) >= 11 is 0. The highest BCUT2D eigenvalue weighted by Gasteiger charge is 2.31. The summed E-state index contributed by atoms with van der Waals surface area (Å²) in [5.74, 6) is 0.216. The van der Waals surface area contributed by atoms with E-state index in [1.165, 1.54) is 16.7 Å². The molecule has 1 aromatic carbocycles. The van der Waals surface area contributed by atoms with Gasteiger partial charge in [-0.3, -0.25) is 4.79 Å². The Labute approximate surface area is 122 Å². The van der Waals surface area contributed by atoms with Gasteiger partial charge in [-0.05, 0) is 23.1 Å². The highest BCUT2D eigenvalue weighted by Crippen LogP contribution is 2.30. The molecular formula is C17H26N2O. The normalized spacial score (nSPS) is 16.1. The molecule has 2 N–H and O–H groups in total. The highest BCUT2D eigenvalue weighted by atomic mass is 16.2. The Kier molecular flexibility index (Phi) is 4.19. The Morgan fingerprint density at radius 1 is 1.30 bits per heavy atom. The van der Waals surface area contributed by atoms with Gasteiger partial charge in [0.05, 0.1) is 0 Å². The Hall–Kier alpha value is -1.35. The first-order valence-electron chi connectivity index (χ1n) is 7.49. The first kappa shape index (κ1) is 15.0. The molecule has 1 aliphatic rings. The summed E-state index contributed by atoms with van der Waals surface area (Å²) in [6.07, 6.45) is 2.09. The van der Waals surface area contributed by atoms with Gasteiger partial charge in [-0.25, -0.2) is 0 Å². The van der Waals surface area contributed by atoms with Crippen LogP contribution in [0, 0.1) is 5.41 Å². The van der Waals surface area contributed by atoms with E-state index in [2.05, 4.69) is 25.1 Å². The molecule has 2 rings (SSSR count). The summed E-state index contributed by atoms with van der Waals surface area (Å²) in [5, 5.41) is 0. The van der Waals surface area contributed by atoms with Crippen LogP contribution in [0.5, 0.6) is 0 Å². The third-order valence-corrected chi connectivity index (χ3v) is 3.91. The van der Waals surface area contributed by atoms with Crippen LogP contribution in [0.2, 0.25) is 0 Å². The summed E-state index contributed by atoms with van der Waals surface area (Å²) < 4.78 is 0. The van der Waals surface area contributed by atoms with Crippen molar-refractivity contribution in [2.75, 3.05) is 0 Å². The maximum atomic E-state index is 12.4. The number of hydrogen-bond donors (Lipinski definition) is 1. The lowest BCUT2D eigenvalue weighted by Gasteiger charge is -2.25. The second kappa shape index (κ2) is 5.57. The zero-order chi connectivity index (χ0) is 14.9. The average molecular weight is 274 g/mol. The van der Waals surface area contributed by atoms with Crippen molar-refractivity contribution in [3.8, 4) is 0 Å². The van der Waals surface area contributed by atoms with Gasteiger partial charge >= 0.3 is 0 Å². The van der Waals surface area contributed by atoms with Crippen LogP contribution in [0.4, 0.5) is 0 Å². The molecule has 0 saturated heterocycles. The third-order valence-electron chi connectivity index (χ3n) is 3.91. The first-order valence-corrected chi connectivity index (χ1v) is 7.49. The third kappa shape index (κ3) is 3.04. The van der Waals surface area contributed by atoms with E-state index in [1.54, 1.807) is 0 Å². The molecular weight excluding hydrogens is 248 g/mol. The van der Waals surface area contributed by atoms with Crippen molar-refractivity contribution < 1.29 is 4.79 Å². The summed E-state index contributed by atoms with van der Waals surface area (Å²) in [4.78, 5) is 14.3. The van der Waals surface area contributed by atoms with Crippen LogP contribution in [0.25, 0.3) is 0 Å². The smallest absolute Gasteiger partial charge is 0.228 e. The number of rotatable bonds is 3. The molecule has 0 aromatic heterocycles. The topological polar surface area (TPSA) is 46.3 Å². The monoisotopic (exact) mass is 274 g/mol. The van der Waals surface area contributed by atoms with E-state index in [1.807, 2.05) is 25.7 Å². The van der Waals surface area contributed by atoms with Crippen LogP contribution in [-0.4, -0.2) is 10.8 Å². The number of carbonyl (C=O) groups excluding carboxylic acids is 1. The Morgan fingerprint density at radius 2 is 1.95 bits per heavy atom. The molecule has 20 heavy (non-hydrogen) atoms. The maximum Gasteiger partial charge on any atom is 0.228 e. The lowest BCUT2D eigenvalue weighted by atomic mass is 9.95. The van der Waals surface area contributed by atoms with Crippen LogP contribution < -0.4 is 5.73 Å². The van der Waals surface area contributed by atoms with E-state index in [0.29, 0.717) is 0 Å². The van der Waals surface area contributed by atoms with Crippen molar-refractivity contribution in [1.82, 2.24) is 4.90 Å². The maximum absolute atomic E-state index is 12.4. The van der Waals surface area contributed by atoms with E-state index >= 15 is 0 Å². The molecule has 1 heterocycles. The van der Waals surface area contributed by atoms with Crippen molar-refractivity contribution in [3.05, 3.63) is 34.9 Å². The fourth-order valence-electron chi connectivity index (χ4n) is 2.74. The molecule has 110 valence electrons. The number of nitrogens with two attached hydrogens (primary N) is 1. The summed E-state index contributed by atoms with van der Waals surface area (Å²) in [5.41, 5.74) is 9.57. The molecule has 1 aromatic rings. The minimum absolute atomic E-state index is 0.109. The number of carbonyl (C=O) groups is 1. The van der Waals surface area contributed by atoms with Crippen molar-refractivity contribution >= 4 is 5.91 Å². The standard InChI is InChI=1S/C17H26N2O/c1-5-6-15(18)12-7-8-13-10-19(11-14(13)9-12)16(20)17(2,3)4/h7-9,15H,5-6,10-11,18H2,1-4H3. The van der Waals surface area contributed by atoms with Gasteiger partial charge in [-0.2, -0.15) is 0 Å². The molecule has 1 aliphatic heterocycles. The fourth-order valence-corrected chi connectivity index (χ4v) is 2.74. The number of nitrogens with zero attached hydrogens (tertiary/aromatic N) is 1. The van der Waals surface area contributed by atoms with Gasteiger partial charge in [0.15, 0.2) is 0 Å². The van der Waals surface area contributed by atoms with Gasteiger partial charge < -0.3 is 10.6 Å². The average Bonchev–Trinajstić information content (AvgIpc) is 2.79. The second-order valence-corrected chi connectivity index (χ2v) is 6.83. The lowest BCUT2D eigenvalue weighted by molar-refractivity contribution is -0.140. The quantitative estimate of drug-likeness (QED) is 0.918. The number of amides is 1. The Bertz CT molecular complexity index is 502. The molecule has 1 unspecified atom stereocenters. The van der Waals surface area contributed by atoms with E-state index in [9.17, 15) is 4.79 Å². The molecule has 0 aliphatic carbocycles. The Morgan fingerprint density at radius 3 is 2.55 bits per heavy atom. The summed E-state index contributed by atoms with van der Waals surface area (Å²) in [6.45, 7) is 9.52. The van der Waals surface area contributed by atoms with Crippen molar-refractivity contribution in [2.24, 2.45) is 11.1 Å². The molecule has 0 saturated carbocycles. The molecule has 0 radical (unpaired) electrons. The molecule has 3 nitrogen and oxygen atoms in total. The minimum atomic E-state index is -0.316. The van der Waals surface area contributed by atoms with Gasteiger partial charge in [-0.1, -0.05) is 52.3 Å². The van der Waals surface area contributed by atoms with E-state index in [-0.39, 0.29) is 17.4 Å². The zero-order valence-electron chi connectivity index (χ0n) is 13.1. The molecule has 1 amide bonds. The van der Waals surface area contributed by atoms with Crippen LogP contribution in [0.3, 0.4) is 0 Å². The van der Waals surface area contributed by atoms with Crippen molar-refractivity contribution in [2.45, 2.75) is 59.7 Å². The van der Waals surface area contributed by atoms with E-state index < -0.39 is 0 Å². The van der Waals surface area contributed by atoms with E-state index in [4.69, 9.17) is 5.73 Å². The fraction of sp³-hybridized carbons (Fsp3) is 0.588.